The molecule has 0 amide bonds. The van der Waals surface area contributed by atoms with E-state index in [0.29, 0.717) is 0 Å². The second kappa shape index (κ2) is 4.69. The minimum Gasteiger partial charge on any atom is -0.459 e. The van der Waals surface area contributed by atoms with E-state index < -0.39 is 87.9 Å². The molecule has 30 heavy (non-hydrogen) atoms. The van der Waals surface area contributed by atoms with E-state index in [-0.39, 0.29) is 6.42 Å². The van der Waals surface area contributed by atoms with Crippen LogP contribution in [0.2, 0.25) is 0 Å². The van der Waals surface area contributed by atoms with Crippen LogP contribution in [0.5, 0.6) is 0 Å². The van der Waals surface area contributed by atoms with Crippen molar-refractivity contribution in [1.29, 1.82) is 0 Å². The van der Waals surface area contributed by atoms with E-state index in [4.69, 9.17) is 18.9 Å². The fraction of sp³-hybridized carbons (Fsp3) is 0.850. The van der Waals surface area contributed by atoms with Gasteiger partial charge in [-0.25, -0.2) is 9.59 Å². The van der Waals surface area contributed by atoms with Crippen LogP contribution in [-0.2, 0) is 33.3 Å². The van der Waals surface area contributed by atoms with Crippen LogP contribution in [0.3, 0.4) is 0 Å². The zero-order chi connectivity index (χ0) is 21.8. The van der Waals surface area contributed by atoms with Crippen molar-refractivity contribution in [2.24, 2.45) is 28.1 Å². The SMILES string of the molecule is C[C@@H]1C(=O)O[C@H]2C(O)C34[C@H]5CC(C(C)(C)C)[C@]36C(O)C(=O)O[C@H]6O[C@@]4(C(=O)O5)[C@@]12O. The Morgan fingerprint density at radius 2 is 1.70 bits per heavy atom. The third-order valence-electron chi connectivity index (χ3n) is 9.00. The molecule has 10 heteroatoms. The number of ether oxygens (including phenoxy) is 4. The maximum absolute atomic E-state index is 13.4. The number of carbonyl (C=O) groups excluding carboxylic acids is 3. The van der Waals surface area contributed by atoms with Crippen LogP contribution < -0.4 is 0 Å². The molecule has 3 N–H and O–H groups in total. The average molecular weight is 424 g/mol. The predicted octanol–water partition coefficient (Wildman–Crippen LogP) is -1.37. The zero-order valence-electron chi connectivity index (χ0n) is 16.9. The van der Waals surface area contributed by atoms with Gasteiger partial charge in [-0.15, -0.1) is 0 Å². The first-order valence-electron chi connectivity index (χ1n) is 10.2. The van der Waals surface area contributed by atoms with E-state index in [1.165, 1.54) is 6.92 Å². The number of fused-ring (bicyclic) bond motifs is 1. The van der Waals surface area contributed by atoms with Crippen molar-refractivity contribution in [1.82, 2.24) is 0 Å². The molecule has 10 nitrogen and oxygen atoms in total. The molecule has 0 radical (unpaired) electrons. The fourth-order valence-electron chi connectivity index (χ4n) is 8.12. The highest BCUT2D eigenvalue weighted by Gasteiger charge is 3.03. The first-order chi connectivity index (χ1) is 13.8. The van der Waals surface area contributed by atoms with Crippen molar-refractivity contribution >= 4 is 17.9 Å². The van der Waals surface area contributed by atoms with Crippen molar-refractivity contribution in [2.75, 3.05) is 0 Å². The molecule has 164 valence electrons. The molecule has 2 aliphatic carbocycles. The lowest BCUT2D eigenvalue weighted by Crippen LogP contribution is -2.67. The van der Waals surface area contributed by atoms with E-state index in [0.717, 1.165) is 0 Å². The molecule has 11 atom stereocenters. The molecule has 0 aromatic heterocycles. The van der Waals surface area contributed by atoms with Gasteiger partial charge in [0, 0.05) is 0 Å². The molecule has 6 rings (SSSR count). The van der Waals surface area contributed by atoms with Gasteiger partial charge in [-0.1, -0.05) is 20.8 Å². The standard InChI is InChI=1S/C20H24O10/c1-6-12(23)28-11-9(21)18-8-5-7(16(2,3)4)17(18)10(22)13(24)29-15(17)30-20(18,14(25)27-8)19(6,11)26/h6-11,15,21-22,26H,5H2,1-4H3/t6-,7?,8-,9?,10?,11+,15+,17-,18?,19-,20-/m1/s1. The Morgan fingerprint density at radius 1 is 1.03 bits per heavy atom. The summed E-state index contributed by atoms with van der Waals surface area (Å²) in [7, 11) is 0. The van der Waals surface area contributed by atoms with Crippen LogP contribution in [0.15, 0.2) is 0 Å². The van der Waals surface area contributed by atoms with E-state index in [1.54, 1.807) is 0 Å². The molecule has 0 aromatic rings. The van der Waals surface area contributed by atoms with Crippen molar-refractivity contribution in [3.63, 3.8) is 0 Å². The van der Waals surface area contributed by atoms with Crippen LogP contribution >= 0.6 is 0 Å². The number of rotatable bonds is 0. The molecular weight excluding hydrogens is 400 g/mol. The zero-order valence-corrected chi connectivity index (χ0v) is 16.9. The molecule has 4 heterocycles. The topological polar surface area (TPSA) is 149 Å². The third kappa shape index (κ3) is 1.33. The summed E-state index contributed by atoms with van der Waals surface area (Å²) in [5.74, 6) is -4.32. The van der Waals surface area contributed by atoms with Gasteiger partial charge in [0.15, 0.2) is 17.8 Å². The summed E-state index contributed by atoms with van der Waals surface area (Å²) in [6.07, 6.45) is -6.91. The summed E-state index contributed by atoms with van der Waals surface area (Å²) in [5.41, 5.74) is -8.26. The number of carbonyl (C=O) groups is 3. The molecular formula is C20H24O10. The molecule has 2 spiro atoms. The van der Waals surface area contributed by atoms with Crippen LogP contribution in [-0.4, -0.2) is 75.1 Å². The average Bonchev–Trinajstić information content (AvgIpc) is 3.35. The number of aliphatic hydroxyl groups excluding tert-OH is 2. The first kappa shape index (κ1) is 19.0. The summed E-state index contributed by atoms with van der Waals surface area (Å²) >= 11 is 0. The quantitative estimate of drug-likeness (QED) is 0.314. The summed E-state index contributed by atoms with van der Waals surface area (Å²) < 4.78 is 22.5. The van der Waals surface area contributed by atoms with Gasteiger partial charge in [0.2, 0.25) is 11.9 Å². The summed E-state index contributed by atoms with van der Waals surface area (Å²) in [5, 5.41) is 34.7. The van der Waals surface area contributed by atoms with E-state index >= 15 is 0 Å². The maximum atomic E-state index is 13.4. The molecule has 0 aromatic carbocycles. The molecule has 4 unspecified atom stereocenters. The van der Waals surface area contributed by atoms with Gasteiger partial charge < -0.3 is 34.3 Å². The smallest absolute Gasteiger partial charge is 0.343 e. The first-order valence-corrected chi connectivity index (χ1v) is 10.2. The molecule has 6 fully saturated rings. The van der Waals surface area contributed by atoms with Gasteiger partial charge in [-0.05, 0) is 24.7 Å². The predicted molar refractivity (Wildman–Crippen MR) is 92.0 cm³/mol. The summed E-state index contributed by atoms with van der Waals surface area (Å²) in [4.78, 5) is 38.2. The second-order valence-corrected chi connectivity index (χ2v) is 10.7. The lowest BCUT2D eigenvalue weighted by Gasteiger charge is -2.47. The monoisotopic (exact) mass is 424 g/mol. The molecule has 2 saturated carbocycles. The van der Waals surface area contributed by atoms with Crippen molar-refractivity contribution in [3.05, 3.63) is 0 Å². The Bertz CT molecular complexity index is 925. The second-order valence-electron chi connectivity index (χ2n) is 10.7. The number of hydrogen-bond donors (Lipinski definition) is 3. The highest BCUT2D eigenvalue weighted by atomic mass is 16.8. The Kier molecular flexibility index (Phi) is 2.97. The van der Waals surface area contributed by atoms with Crippen molar-refractivity contribution in [3.8, 4) is 0 Å². The van der Waals surface area contributed by atoms with Crippen LogP contribution in [0.25, 0.3) is 0 Å². The number of hydrogen-bond acceptors (Lipinski definition) is 10. The van der Waals surface area contributed by atoms with Gasteiger partial charge in [-0.2, -0.15) is 0 Å². The summed E-state index contributed by atoms with van der Waals surface area (Å²) in [6.45, 7) is 7.14. The van der Waals surface area contributed by atoms with Gasteiger partial charge in [0.25, 0.3) is 0 Å². The van der Waals surface area contributed by atoms with Gasteiger partial charge in [-0.3, -0.25) is 4.79 Å². The Balaban J connectivity index is 1.72. The third-order valence-corrected chi connectivity index (χ3v) is 9.00. The largest absolute Gasteiger partial charge is 0.459 e. The van der Waals surface area contributed by atoms with E-state index in [9.17, 15) is 29.7 Å². The normalized spacial score (nSPS) is 60.1. The van der Waals surface area contributed by atoms with Crippen LogP contribution in [0, 0.1) is 28.1 Å². The van der Waals surface area contributed by atoms with Gasteiger partial charge in [0.1, 0.15) is 12.2 Å². The minimum absolute atomic E-state index is 0.229. The van der Waals surface area contributed by atoms with Gasteiger partial charge in [0.05, 0.1) is 16.7 Å². The summed E-state index contributed by atoms with van der Waals surface area (Å²) in [6, 6.07) is 0. The molecule has 4 saturated heterocycles. The van der Waals surface area contributed by atoms with E-state index in [1.807, 2.05) is 20.8 Å². The highest BCUT2D eigenvalue weighted by Crippen LogP contribution is 2.84. The number of esters is 3. The molecule has 0 bridgehead atoms. The fourth-order valence-corrected chi connectivity index (χ4v) is 8.12. The van der Waals surface area contributed by atoms with Crippen molar-refractivity contribution < 1.29 is 48.7 Å². The lowest BCUT2D eigenvalue weighted by atomic mass is 9.51. The highest BCUT2D eigenvalue weighted by molar-refractivity contribution is 5.94. The number of aliphatic hydroxyl groups is 3. The van der Waals surface area contributed by atoms with E-state index in [2.05, 4.69) is 0 Å². The Hall–Kier alpha value is -1.75. The van der Waals surface area contributed by atoms with Crippen molar-refractivity contribution in [2.45, 2.75) is 76.0 Å². The van der Waals surface area contributed by atoms with Crippen LogP contribution in [0.1, 0.15) is 34.1 Å². The Labute approximate surface area is 171 Å². The molecule has 4 aliphatic heterocycles. The maximum Gasteiger partial charge on any atom is 0.343 e. The minimum atomic E-state index is -2.24. The van der Waals surface area contributed by atoms with Gasteiger partial charge >= 0.3 is 17.9 Å². The lowest BCUT2D eigenvalue weighted by molar-refractivity contribution is -0.239. The Morgan fingerprint density at radius 3 is 2.33 bits per heavy atom. The van der Waals surface area contributed by atoms with Crippen LogP contribution in [0.4, 0.5) is 0 Å². The molecule has 6 aliphatic rings.